The summed E-state index contributed by atoms with van der Waals surface area (Å²) in [5.74, 6) is 0. The Morgan fingerprint density at radius 3 is 1.88 bits per heavy atom. The average Bonchev–Trinajstić information content (AvgIpc) is 2.77. The average molecular weight is 566 g/mol. The third-order valence-corrected chi connectivity index (χ3v) is 24.7. The van der Waals surface area contributed by atoms with E-state index in [0.717, 1.165) is 13.0 Å². The van der Waals surface area contributed by atoms with Crippen LogP contribution < -0.4 is 0 Å². The van der Waals surface area contributed by atoms with Crippen LogP contribution in [0.25, 0.3) is 0 Å². The van der Waals surface area contributed by atoms with E-state index < -0.39 is 26.5 Å². The first kappa shape index (κ1) is 30.0. The van der Waals surface area contributed by atoms with Gasteiger partial charge in [-0.1, -0.05) is 0 Å². The first-order valence-electron chi connectivity index (χ1n) is 13.7. The molecular weight excluding hydrogens is 511 g/mol. The summed E-state index contributed by atoms with van der Waals surface area (Å²) in [6, 6.07) is 12.5. The van der Waals surface area contributed by atoms with Gasteiger partial charge in [0.05, 0.1) is 0 Å². The van der Waals surface area contributed by atoms with Crippen molar-refractivity contribution < 1.29 is 4.74 Å². The van der Waals surface area contributed by atoms with Crippen molar-refractivity contribution in [3.05, 3.63) is 48.0 Å². The van der Waals surface area contributed by atoms with Crippen LogP contribution in [0.4, 0.5) is 0 Å². The van der Waals surface area contributed by atoms with Gasteiger partial charge < -0.3 is 0 Å². The molecule has 3 heteroatoms. The van der Waals surface area contributed by atoms with Crippen molar-refractivity contribution in [2.45, 2.75) is 122 Å². The van der Waals surface area contributed by atoms with Crippen molar-refractivity contribution in [2.75, 3.05) is 6.61 Å². The molecule has 0 aliphatic heterocycles. The summed E-state index contributed by atoms with van der Waals surface area (Å²) in [7, 11) is -0.960. The molecule has 0 fully saturated rings. The molecule has 0 aliphatic rings. The van der Waals surface area contributed by atoms with Crippen LogP contribution in [0.1, 0.15) is 77.7 Å². The molecule has 184 valence electrons. The fourth-order valence-corrected chi connectivity index (χ4v) is 22.8. The molecular formula is C29H54OSiSn. The number of allylic oxidation sites excluding steroid dienone is 2. The predicted molar refractivity (Wildman–Crippen MR) is 151 cm³/mol. The zero-order valence-corrected chi connectivity index (χ0v) is 26.3. The van der Waals surface area contributed by atoms with Gasteiger partial charge in [0.1, 0.15) is 0 Å². The van der Waals surface area contributed by atoms with Crippen molar-refractivity contribution in [2.24, 2.45) is 0 Å². The third-order valence-electron chi connectivity index (χ3n) is 6.76. The van der Waals surface area contributed by atoms with Crippen LogP contribution in [0.2, 0.25) is 39.0 Å². The van der Waals surface area contributed by atoms with Gasteiger partial charge in [-0.2, -0.15) is 0 Å². The van der Waals surface area contributed by atoms with E-state index in [4.69, 9.17) is 4.74 Å². The van der Waals surface area contributed by atoms with Crippen molar-refractivity contribution in [3.63, 3.8) is 0 Å². The summed E-state index contributed by atoms with van der Waals surface area (Å²) in [6.07, 6.45) is 16.6. The van der Waals surface area contributed by atoms with Crippen LogP contribution in [0.3, 0.4) is 0 Å². The fourth-order valence-electron chi connectivity index (χ4n) is 4.71. The summed E-state index contributed by atoms with van der Waals surface area (Å²) in [6.45, 7) is 15.4. The van der Waals surface area contributed by atoms with Gasteiger partial charge >= 0.3 is 208 Å². The van der Waals surface area contributed by atoms with Crippen LogP contribution >= 0.6 is 0 Å². The SMILES string of the molecule is CCC[CH2][Sn]([CH2]CCC)([CH2]CCC)[CH](Cc1ccccc1)OCCC/C=C\C[Si](C)(C)C. The van der Waals surface area contributed by atoms with Crippen LogP contribution in [0.15, 0.2) is 42.5 Å². The number of ether oxygens (including phenoxy) is 1. The molecule has 0 bridgehead atoms. The molecule has 1 aromatic rings. The Hall–Kier alpha value is -0.0644. The molecule has 0 saturated carbocycles. The second-order valence-electron chi connectivity index (χ2n) is 11.1. The number of benzene rings is 1. The van der Waals surface area contributed by atoms with Crippen molar-refractivity contribution in [1.29, 1.82) is 0 Å². The molecule has 1 rings (SSSR count). The second-order valence-corrected chi connectivity index (χ2v) is 30.5. The van der Waals surface area contributed by atoms with E-state index in [1.54, 1.807) is 0 Å². The molecule has 1 nitrogen and oxygen atoms in total. The first-order chi connectivity index (χ1) is 15.4. The molecule has 0 radical (unpaired) electrons. The van der Waals surface area contributed by atoms with Gasteiger partial charge in [0.2, 0.25) is 0 Å². The van der Waals surface area contributed by atoms with E-state index in [1.807, 2.05) is 0 Å². The third kappa shape index (κ3) is 13.0. The van der Waals surface area contributed by atoms with E-state index >= 15 is 0 Å². The Labute approximate surface area is 206 Å². The summed E-state index contributed by atoms with van der Waals surface area (Å²) < 4.78 is 12.0. The summed E-state index contributed by atoms with van der Waals surface area (Å²) >= 11 is -2.44. The Balaban J connectivity index is 2.92. The van der Waals surface area contributed by atoms with Crippen molar-refractivity contribution in [3.8, 4) is 0 Å². The topological polar surface area (TPSA) is 9.23 Å². The molecule has 0 aromatic heterocycles. The van der Waals surface area contributed by atoms with Crippen LogP contribution in [-0.2, 0) is 11.2 Å². The van der Waals surface area contributed by atoms with Gasteiger partial charge in [-0.3, -0.25) is 0 Å². The monoisotopic (exact) mass is 566 g/mol. The number of hydrogen-bond acceptors (Lipinski definition) is 1. The number of unbranched alkanes of at least 4 members (excludes halogenated alkanes) is 4. The molecule has 1 aromatic carbocycles. The van der Waals surface area contributed by atoms with Crippen molar-refractivity contribution >= 4 is 26.5 Å². The van der Waals surface area contributed by atoms with Gasteiger partial charge in [0.25, 0.3) is 0 Å². The van der Waals surface area contributed by atoms with Gasteiger partial charge in [-0.15, -0.1) is 0 Å². The van der Waals surface area contributed by atoms with E-state index in [1.165, 1.54) is 76.3 Å². The van der Waals surface area contributed by atoms with Gasteiger partial charge in [0.15, 0.2) is 0 Å². The number of rotatable bonds is 19. The molecule has 0 aliphatic carbocycles. The Bertz CT molecular complexity index is 571. The van der Waals surface area contributed by atoms with Gasteiger partial charge in [-0.05, 0) is 0 Å². The Morgan fingerprint density at radius 1 is 0.812 bits per heavy atom. The maximum atomic E-state index is 6.92. The molecule has 1 atom stereocenters. The molecule has 0 amide bonds. The fraction of sp³-hybridized carbons (Fsp3) is 0.724. The normalized spacial score (nSPS) is 13.7. The first-order valence-corrected chi connectivity index (χ1v) is 25.1. The molecule has 0 heterocycles. The minimum atomic E-state index is -2.44. The summed E-state index contributed by atoms with van der Waals surface area (Å²) in [5, 5.41) is 0. The zero-order valence-electron chi connectivity index (χ0n) is 22.4. The predicted octanol–water partition coefficient (Wildman–Crippen LogP) is 9.68. The molecule has 0 N–H and O–H groups in total. The van der Waals surface area contributed by atoms with E-state index in [2.05, 4.69) is 82.9 Å². The van der Waals surface area contributed by atoms with Gasteiger partial charge in [-0.25, -0.2) is 0 Å². The van der Waals surface area contributed by atoms with Crippen LogP contribution in [-0.4, -0.2) is 37.2 Å². The Morgan fingerprint density at radius 2 is 1.38 bits per heavy atom. The van der Waals surface area contributed by atoms with E-state index in [-0.39, 0.29) is 0 Å². The Kier molecular flexibility index (Phi) is 16.3. The molecule has 0 saturated heterocycles. The maximum absolute atomic E-state index is 6.92. The second kappa shape index (κ2) is 17.4. The molecule has 1 unspecified atom stereocenters. The summed E-state index contributed by atoms with van der Waals surface area (Å²) in [4.78, 5) is 0. The zero-order chi connectivity index (χ0) is 23.7. The van der Waals surface area contributed by atoms with Crippen LogP contribution in [0.5, 0.6) is 0 Å². The van der Waals surface area contributed by atoms with E-state index in [0.29, 0.717) is 4.12 Å². The standard InChI is InChI=1S/C17H27OSi.3C4H9.Sn/c1-19(2,3)16-10-5-4-9-14-18-15-13-17-11-7-6-8-12-17;3*1-3-4-2;/h5-8,10-12,15H,4,9,13-14,16H2,1-3H3;3*1,3-4H2,2H3;/b10-5-;;;;. The number of hydrogen-bond donors (Lipinski definition) is 0. The van der Waals surface area contributed by atoms with Gasteiger partial charge in [0, 0.05) is 0 Å². The summed E-state index contributed by atoms with van der Waals surface area (Å²) in [5.41, 5.74) is 1.48. The quantitative estimate of drug-likeness (QED) is 0.0922. The van der Waals surface area contributed by atoms with Crippen molar-refractivity contribution in [1.82, 2.24) is 0 Å². The minimum absolute atomic E-state index is 0.544. The van der Waals surface area contributed by atoms with Crippen LogP contribution in [0, 0.1) is 0 Å². The molecule has 32 heavy (non-hydrogen) atoms. The van der Waals surface area contributed by atoms with E-state index in [9.17, 15) is 0 Å². The molecule has 0 spiro atoms.